The van der Waals surface area contributed by atoms with Gasteiger partial charge in [0, 0.05) is 5.39 Å². The number of nitrogens with zero attached hydrogens (tertiary/aromatic N) is 2. The zero-order valence-electron chi connectivity index (χ0n) is 10.2. The second kappa shape index (κ2) is 4.35. The number of benzene rings is 1. The molecule has 0 radical (unpaired) electrons. The number of carbonyl (C=O) groups excluding carboxylic acids is 1. The van der Waals surface area contributed by atoms with Crippen LogP contribution in [0.2, 0.25) is 0 Å². The summed E-state index contributed by atoms with van der Waals surface area (Å²) in [5.74, 6) is -0.397. The maximum atomic E-state index is 13.3. The Labute approximate surface area is 112 Å². The van der Waals surface area contributed by atoms with Gasteiger partial charge in [0.25, 0.3) is 0 Å². The van der Waals surface area contributed by atoms with Gasteiger partial charge in [0.1, 0.15) is 11.4 Å². The van der Waals surface area contributed by atoms with Crippen LogP contribution < -0.4 is 0 Å². The highest BCUT2D eigenvalue weighted by molar-refractivity contribution is 9.10. The fraction of sp³-hybridized carbons (Fsp3) is 0.333. The van der Waals surface area contributed by atoms with Crippen molar-refractivity contribution in [2.45, 2.75) is 26.4 Å². The molecule has 2 rings (SSSR count). The molecule has 2 aromatic rings. The molecule has 0 aliphatic rings. The van der Waals surface area contributed by atoms with Gasteiger partial charge in [0.05, 0.1) is 16.2 Å². The average molecular weight is 315 g/mol. The molecule has 0 unspecified atom stereocenters. The average Bonchev–Trinajstić information content (AvgIpc) is 2.59. The van der Waals surface area contributed by atoms with Crippen LogP contribution in [-0.4, -0.2) is 21.5 Å². The van der Waals surface area contributed by atoms with Crippen LogP contribution in [0.25, 0.3) is 10.9 Å². The van der Waals surface area contributed by atoms with Crippen LogP contribution >= 0.6 is 15.9 Å². The zero-order valence-corrected chi connectivity index (χ0v) is 11.8. The summed E-state index contributed by atoms with van der Waals surface area (Å²) in [6.07, 6.45) is 0.838. The standard InChI is InChI=1S/C12H12BrFN2O2/c1-12(2,3)18-11(17)16-10-5-8(13)9(14)4-7(10)6-15-16/h4-6H,1-3H3. The summed E-state index contributed by atoms with van der Waals surface area (Å²) in [4.78, 5) is 11.9. The molecule has 0 spiro atoms. The first-order chi connectivity index (χ1) is 8.28. The third-order valence-electron chi connectivity index (χ3n) is 2.18. The lowest BCUT2D eigenvalue weighted by atomic mass is 10.2. The largest absolute Gasteiger partial charge is 0.442 e. The predicted octanol–water partition coefficient (Wildman–Crippen LogP) is 3.72. The first kappa shape index (κ1) is 13.0. The van der Waals surface area contributed by atoms with Gasteiger partial charge in [-0.15, -0.1) is 0 Å². The van der Waals surface area contributed by atoms with Crippen molar-refractivity contribution >= 4 is 32.9 Å². The van der Waals surface area contributed by atoms with E-state index < -0.39 is 17.5 Å². The van der Waals surface area contributed by atoms with Crippen molar-refractivity contribution in [3.05, 3.63) is 28.6 Å². The van der Waals surface area contributed by atoms with Gasteiger partial charge in [-0.25, -0.2) is 9.18 Å². The van der Waals surface area contributed by atoms with Gasteiger partial charge < -0.3 is 4.74 Å². The minimum absolute atomic E-state index is 0.278. The molecule has 0 atom stereocenters. The first-order valence-corrected chi connectivity index (χ1v) is 6.13. The van der Waals surface area contributed by atoms with Crippen molar-refractivity contribution in [2.24, 2.45) is 0 Å². The van der Waals surface area contributed by atoms with Gasteiger partial charge in [0.2, 0.25) is 0 Å². The molecule has 18 heavy (non-hydrogen) atoms. The molecule has 0 amide bonds. The Morgan fingerprint density at radius 1 is 1.44 bits per heavy atom. The maximum absolute atomic E-state index is 13.3. The van der Waals surface area contributed by atoms with E-state index in [1.54, 1.807) is 20.8 Å². The van der Waals surface area contributed by atoms with E-state index in [1.165, 1.54) is 18.3 Å². The number of ether oxygens (including phenoxy) is 1. The van der Waals surface area contributed by atoms with Crippen LogP contribution in [0, 0.1) is 5.82 Å². The van der Waals surface area contributed by atoms with Crippen molar-refractivity contribution < 1.29 is 13.9 Å². The molecule has 1 aromatic heterocycles. The van der Waals surface area contributed by atoms with Crippen LogP contribution in [0.3, 0.4) is 0 Å². The SMILES string of the molecule is CC(C)(C)OC(=O)n1ncc2cc(F)c(Br)cc21. The third kappa shape index (κ3) is 2.53. The number of rotatable bonds is 0. The summed E-state index contributed by atoms with van der Waals surface area (Å²) < 4.78 is 19.9. The molecule has 4 nitrogen and oxygen atoms in total. The predicted molar refractivity (Wildman–Crippen MR) is 69.0 cm³/mol. The molecule has 0 N–H and O–H groups in total. The Bertz CT molecular complexity index is 616. The molecule has 0 fully saturated rings. The highest BCUT2D eigenvalue weighted by Crippen LogP contribution is 2.23. The number of carbonyl (C=O) groups is 1. The topological polar surface area (TPSA) is 44.1 Å². The lowest BCUT2D eigenvalue weighted by molar-refractivity contribution is 0.0522. The fourth-order valence-electron chi connectivity index (χ4n) is 1.47. The molecule has 0 saturated heterocycles. The lowest BCUT2D eigenvalue weighted by Gasteiger charge is -2.19. The Balaban J connectivity index is 2.46. The smallest absolute Gasteiger partial charge is 0.435 e. The normalized spacial score (nSPS) is 11.8. The highest BCUT2D eigenvalue weighted by atomic mass is 79.9. The third-order valence-corrected chi connectivity index (χ3v) is 2.78. The van der Waals surface area contributed by atoms with Gasteiger partial charge >= 0.3 is 6.09 Å². The van der Waals surface area contributed by atoms with Gasteiger partial charge in [-0.05, 0) is 48.8 Å². The van der Waals surface area contributed by atoms with E-state index in [0.717, 1.165) is 4.68 Å². The van der Waals surface area contributed by atoms with E-state index in [4.69, 9.17) is 4.74 Å². The van der Waals surface area contributed by atoms with E-state index in [1.807, 2.05) is 0 Å². The monoisotopic (exact) mass is 314 g/mol. The summed E-state index contributed by atoms with van der Waals surface area (Å²) in [5.41, 5.74) is -0.107. The van der Waals surface area contributed by atoms with Crippen LogP contribution in [0.15, 0.2) is 22.8 Å². The summed E-state index contributed by atoms with van der Waals surface area (Å²) in [7, 11) is 0. The van der Waals surface area contributed by atoms with Crippen molar-refractivity contribution in [1.82, 2.24) is 9.78 Å². The Kier molecular flexibility index (Phi) is 3.14. The van der Waals surface area contributed by atoms with Crippen molar-refractivity contribution in [2.75, 3.05) is 0 Å². The molecule has 6 heteroatoms. The number of hydrogen-bond donors (Lipinski definition) is 0. The molecule has 0 aliphatic heterocycles. The molecule has 1 heterocycles. The molecule has 0 aliphatic carbocycles. The molecule has 96 valence electrons. The van der Waals surface area contributed by atoms with Crippen LogP contribution in [-0.2, 0) is 4.74 Å². The van der Waals surface area contributed by atoms with E-state index in [9.17, 15) is 9.18 Å². The van der Waals surface area contributed by atoms with Crippen LogP contribution in [0.1, 0.15) is 20.8 Å². The van der Waals surface area contributed by atoms with Gasteiger partial charge in [-0.2, -0.15) is 9.78 Å². The second-order valence-electron chi connectivity index (χ2n) is 4.86. The Morgan fingerprint density at radius 2 is 2.11 bits per heavy atom. The number of aromatic nitrogens is 2. The van der Waals surface area contributed by atoms with Gasteiger partial charge in [-0.3, -0.25) is 0 Å². The number of halogens is 2. The Hall–Kier alpha value is -1.43. The minimum atomic E-state index is -0.605. The molecular formula is C12H12BrFN2O2. The summed E-state index contributed by atoms with van der Waals surface area (Å²) in [6, 6.07) is 2.81. The molecule has 0 bridgehead atoms. The van der Waals surface area contributed by atoms with Crippen LogP contribution in [0.4, 0.5) is 9.18 Å². The van der Waals surface area contributed by atoms with E-state index >= 15 is 0 Å². The highest BCUT2D eigenvalue weighted by Gasteiger charge is 2.20. The van der Waals surface area contributed by atoms with E-state index in [0.29, 0.717) is 10.9 Å². The molecular weight excluding hydrogens is 303 g/mol. The molecule has 1 aromatic carbocycles. The summed E-state index contributed by atoms with van der Waals surface area (Å²) in [6.45, 7) is 5.31. The maximum Gasteiger partial charge on any atom is 0.435 e. The Morgan fingerprint density at radius 3 is 2.72 bits per heavy atom. The van der Waals surface area contributed by atoms with E-state index in [2.05, 4.69) is 21.0 Å². The first-order valence-electron chi connectivity index (χ1n) is 5.34. The summed E-state index contributed by atoms with van der Waals surface area (Å²) in [5, 5.41) is 4.46. The zero-order chi connectivity index (χ0) is 13.5. The summed E-state index contributed by atoms with van der Waals surface area (Å²) >= 11 is 3.08. The van der Waals surface area contributed by atoms with Crippen molar-refractivity contribution in [3.63, 3.8) is 0 Å². The van der Waals surface area contributed by atoms with E-state index in [-0.39, 0.29) is 4.47 Å². The fourth-order valence-corrected chi connectivity index (χ4v) is 1.80. The second-order valence-corrected chi connectivity index (χ2v) is 5.72. The lowest BCUT2D eigenvalue weighted by Crippen LogP contribution is -2.27. The number of fused-ring (bicyclic) bond motifs is 1. The quantitative estimate of drug-likeness (QED) is 0.744. The number of hydrogen-bond acceptors (Lipinski definition) is 3. The van der Waals surface area contributed by atoms with Crippen molar-refractivity contribution in [3.8, 4) is 0 Å². The molecule has 0 saturated carbocycles. The van der Waals surface area contributed by atoms with Gasteiger partial charge in [0.15, 0.2) is 0 Å². The van der Waals surface area contributed by atoms with Crippen LogP contribution in [0.5, 0.6) is 0 Å². The minimum Gasteiger partial charge on any atom is -0.442 e. The van der Waals surface area contributed by atoms with Crippen molar-refractivity contribution in [1.29, 1.82) is 0 Å². The van der Waals surface area contributed by atoms with Gasteiger partial charge in [-0.1, -0.05) is 0 Å².